The molecule has 2 rings (SSSR count). The zero-order valence-corrected chi connectivity index (χ0v) is 11.8. The fourth-order valence-corrected chi connectivity index (χ4v) is 2.82. The van der Waals surface area contributed by atoms with Gasteiger partial charge in [-0.3, -0.25) is 0 Å². The molecule has 88 valence electrons. The summed E-state index contributed by atoms with van der Waals surface area (Å²) in [6, 6.07) is 9.83. The molecule has 1 aromatic carbocycles. The van der Waals surface area contributed by atoms with Gasteiger partial charge in [0, 0.05) is 11.1 Å². The second-order valence-corrected chi connectivity index (χ2v) is 5.54. The number of rotatable bonds is 3. The van der Waals surface area contributed by atoms with Crippen LogP contribution in [0.15, 0.2) is 50.9 Å². The molecule has 1 aromatic heterocycles. The second kappa shape index (κ2) is 5.67. The molecule has 0 aliphatic rings. The van der Waals surface area contributed by atoms with Crippen LogP contribution in [-0.2, 0) is 6.61 Å². The quantitative estimate of drug-likeness (QED) is 0.936. The average molecular weight is 310 g/mol. The summed E-state index contributed by atoms with van der Waals surface area (Å²) >= 11 is 5.10. The Kier molecular flexibility index (Phi) is 4.20. The molecular weight excluding hydrogens is 298 g/mol. The molecule has 0 spiro atoms. The van der Waals surface area contributed by atoms with Gasteiger partial charge in [0.1, 0.15) is 5.03 Å². The van der Waals surface area contributed by atoms with Crippen LogP contribution in [0.4, 0.5) is 0 Å². The van der Waals surface area contributed by atoms with E-state index in [1.54, 1.807) is 18.0 Å². The van der Waals surface area contributed by atoms with Gasteiger partial charge < -0.3 is 5.11 Å². The van der Waals surface area contributed by atoms with Crippen molar-refractivity contribution in [1.29, 1.82) is 0 Å². The van der Waals surface area contributed by atoms with Crippen LogP contribution in [-0.4, -0.2) is 10.1 Å². The van der Waals surface area contributed by atoms with Crippen LogP contribution >= 0.6 is 27.7 Å². The molecule has 0 unspecified atom stereocenters. The first-order valence-corrected chi connectivity index (χ1v) is 6.80. The Bertz CT molecular complexity index is 531. The Hall–Kier alpha value is -0.840. The number of aliphatic hydroxyl groups is 1. The number of benzene rings is 1. The van der Waals surface area contributed by atoms with E-state index in [1.165, 1.54) is 0 Å². The van der Waals surface area contributed by atoms with Crippen molar-refractivity contribution in [1.82, 2.24) is 4.98 Å². The predicted octanol–water partition coefficient (Wildman–Crippen LogP) is 3.80. The Balaban J connectivity index is 2.28. The van der Waals surface area contributed by atoms with Crippen LogP contribution in [0.25, 0.3) is 0 Å². The molecule has 1 heterocycles. The third-order valence-electron chi connectivity index (χ3n) is 2.35. The van der Waals surface area contributed by atoms with Crippen molar-refractivity contribution in [3.8, 4) is 0 Å². The number of hydrogen-bond acceptors (Lipinski definition) is 3. The van der Waals surface area contributed by atoms with Gasteiger partial charge in [0.05, 0.1) is 11.1 Å². The summed E-state index contributed by atoms with van der Waals surface area (Å²) in [5, 5.41) is 10.0. The van der Waals surface area contributed by atoms with Gasteiger partial charge in [0.15, 0.2) is 0 Å². The summed E-state index contributed by atoms with van der Waals surface area (Å²) in [6.45, 7) is 2.12. The number of pyridine rings is 1. The number of aryl methyl sites for hydroxylation is 1. The first-order chi connectivity index (χ1) is 8.20. The van der Waals surface area contributed by atoms with Crippen LogP contribution in [0, 0.1) is 6.92 Å². The maximum atomic E-state index is 9.06. The molecule has 0 fully saturated rings. The van der Waals surface area contributed by atoms with Gasteiger partial charge in [-0.25, -0.2) is 4.98 Å². The molecule has 2 nitrogen and oxygen atoms in total. The topological polar surface area (TPSA) is 33.1 Å². The van der Waals surface area contributed by atoms with Crippen molar-refractivity contribution in [3.63, 3.8) is 0 Å². The highest BCUT2D eigenvalue weighted by molar-refractivity contribution is 9.10. The van der Waals surface area contributed by atoms with Crippen molar-refractivity contribution in [2.75, 3.05) is 0 Å². The van der Waals surface area contributed by atoms with Crippen LogP contribution in [0.5, 0.6) is 0 Å². The molecule has 0 atom stereocenters. The number of aliphatic hydroxyl groups excluding tert-OH is 1. The van der Waals surface area contributed by atoms with Crippen LogP contribution in [0.3, 0.4) is 0 Å². The summed E-state index contributed by atoms with van der Waals surface area (Å²) in [6.07, 6.45) is 1.78. The van der Waals surface area contributed by atoms with E-state index in [0.29, 0.717) is 0 Å². The van der Waals surface area contributed by atoms with Gasteiger partial charge in [-0.15, -0.1) is 0 Å². The summed E-state index contributed by atoms with van der Waals surface area (Å²) in [5.74, 6) is 0. The van der Waals surface area contributed by atoms with Gasteiger partial charge in [0.25, 0.3) is 0 Å². The van der Waals surface area contributed by atoms with Gasteiger partial charge in [-0.05, 0) is 52.2 Å². The van der Waals surface area contributed by atoms with E-state index in [1.807, 2.05) is 37.3 Å². The minimum absolute atomic E-state index is 0.0824. The zero-order chi connectivity index (χ0) is 12.3. The lowest BCUT2D eigenvalue weighted by atomic mass is 10.1. The van der Waals surface area contributed by atoms with Gasteiger partial charge in [-0.1, -0.05) is 23.9 Å². The van der Waals surface area contributed by atoms with Crippen LogP contribution in [0.2, 0.25) is 0 Å². The molecule has 0 saturated heterocycles. The van der Waals surface area contributed by atoms with Gasteiger partial charge in [-0.2, -0.15) is 0 Å². The third kappa shape index (κ3) is 3.09. The minimum Gasteiger partial charge on any atom is -0.392 e. The average Bonchev–Trinajstić information content (AvgIpc) is 2.34. The highest BCUT2D eigenvalue weighted by Crippen LogP contribution is 2.33. The SMILES string of the molecule is Cc1cc(CO)ccc1Sc1ncccc1Br. The summed E-state index contributed by atoms with van der Waals surface area (Å²) in [7, 11) is 0. The molecule has 0 aliphatic carbocycles. The third-order valence-corrected chi connectivity index (χ3v) is 4.45. The lowest BCUT2D eigenvalue weighted by Crippen LogP contribution is -1.88. The fourth-order valence-electron chi connectivity index (χ4n) is 1.47. The highest BCUT2D eigenvalue weighted by Gasteiger charge is 2.06. The molecule has 1 N–H and O–H groups in total. The first kappa shape index (κ1) is 12.6. The number of aromatic nitrogens is 1. The number of hydrogen-bond donors (Lipinski definition) is 1. The largest absolute Gasteiger partial charge is 0.392 e. The van der Waals surface area contributed by atoms with Crippen molar-refractivity contribution >= 4 is 27.7 Å². The Morgan fingerprint density at radius 3 is 2.82 bits per heavy atom. The second-order valence-electron chi connectivity index (χ2n) is 3.65. The van der Waals surface area contributed by atoms with E-state index in [-0.39, 0.29) is 6.61 Å². The summed E-state index contributed by atoms with van der Waals surface area (Å²) < 4.78 is 0.996. The van der Waals surface area contributed by atoms with E-state index in [4.69, 9.17) is 5.11 Å². The fraction of sp³-hybridized carbons (Fsp3) is 0.154. The Morgan fingerprint density at radius 2 is 2.18 bits per heavy atom. The standard InChI is InChI=1S/C13H12BrNOS/c1-9-7-10(8-16)4-5-12(9)17-13-11(14)3-2-6-15-13/h2-7,16H,8H2,1H3. The lowest BCUT2D eigenvalue weighted by molar-refractivity contribution is 0.281. The van der Waals surface area contributed by atoms with E-state index in [2.05, 4.69) is 20.9 Å². The Morgan fingerprint density at radius 1 is 1.35 bits per heavy atom. The maximum Gasteiger partial charge on any atom is 0.115 e. The van der Waals surface area contributed by atoms with Crippen molar-refractivity contribution < 1.29 is 5.11 Å². The normalized spacial score (nSPS) is 10.5. The van der Waals surface area contributed by atoms with Gasteiger partial charge in [0.2, 0.25) is 0 Å². The zero-order valence-electron chi connectivity index (χ0n) is 9.35. The molecular formula is C13H12BrNOS. The van der Waals surface area contributed by atoms with E-state index >= 15 is 0 Å². The molecule has 17 heavy (non-hydrogen) atoms. The van der Waals surface area contributed by atoms with Crippen molar-refractivity contribution in [3.05, 3.63) is 52.1 Å². The molecule has 0 aliphatic heterocycles. The van der Waals surface area contributed by atoms with E-state index < -0.39 is 0 Å². The van der Waals surface area contributed by atoms with Gasteiger partial charge >= 0.3 is 0 Å². The molecule has 2 aromatic rings. The summed E-state index contributed by atoms with van der Waals surface area (Å²) in [5.41, 5.74) is 2.09. The van der Waals surface area contributed by atoms with Crippen molar-refractivity contribution in [2.45, 2.75) is 23.5 Å². The number of nitrogens with zero attached hydrogens (tertiary/aromatic N) is 1. The number of halogens is 1. The first-order valence-electron chi connectivity index (χ1n) is 5.19. The van der Waals surface area contributed by atoms with Crippen molar-refractivity contribution in [2.24, 2.45) is 0 Å². The smallest absolute Gasteiger partial charge is 0.115 e. The lowest BCUT2D eigenvalue weighted by Gasteiger charge is -2.07. The minimum atomic E-state index is 0.0824. The Labute approximate surface area is 113 Å². The molecule has 0 saturated carbocycles. The summed E-state index contributed by atoms with van der Waals surface area (Å²) in [4.78, 5) is 5.48. The molecule has 4 heteroatoms. The van der Waals surface area contributed by atoms with Crippen LogP contribution in [0.1, 0.15) is 11.1 Å². The monoisotopic (exact) mass is 309 g/mol. The maximum absolute atomic E-state index is 9.06. The predicted molar refractivity (Wildman–Crippen MR) is 73.2 cm³/mol. The van der Waals surface area contributed by atoms with E-state index in [9.17, 15) is 0 Å². The highest BCUT2D eigenvalue weighted by atomic mass is 79.9. The molecule has 0 bridgehead atoms. The molecule has 0 radical (unpaired) electrons. The molecule has 0 amide bonds. The van der Waals surface area contributed by atoms with E-state index in [0.717, 1.165) is 25.5 Å². The van der Waals surface area contributed by atoms with Crippen LogP contribution < -0.4 is 0 Å².